The van der Waals surface area contributed by atoms with Crippen molar-refractivity contribution in [3.05, 3.63) is 59.0 Å². The zero-order valence-corrected chi connectivity index (χ0v) is 10.9. The van der Waals surface area contributed by atoms with E-state index in [0.717, 1.165) is 10.9 Å². The van der Waals surface area contributed by atoms with Crippen LogP contribution in [0.3, 0.4) is 0 Å². The maximum atomic E-state index is 12.6. The van der Waals surface area contributed by atoms with Crippen LogP contribution in [0, 0.1) is 0 Å². The number of pyridine rings is 1. The van der Waals surface area contributed by atoms with Crippen molar-refractivity contribution in [3.63, 3.8) is 0 Å². The molecule has 4 nitrogen and oxygen atoms in total. The zero-order valence-electron chi connectivity index (χ0n) is 10.2. The molecular formula is C14H10ClN3O. The fraction of sp³-hybridized carbons (Fsp3) is 0.0714. The highest BCUT2D eigenvalue weighted by Gasteiger charge is 2.19. The van der Waals surface area contributed by atoms with Gasteiger partial charge in [0.25, 0.3) is 0 Å². The second kappa shape index (κ2) is 4.48. The number of benzene rings is 1. The molecule has 3 aromatic rings. The number of hydrogen-bond acceptors (Lipinski definition) is 3. The standard InChI is InChI=1S/C14H10ClN3O/c1-18-13(11(15)8-17-18)14(19)10-4-2-6-12-9(10)5-3-7-16-12/h2-8H,1H3. The summed E-state index contributed by atoms with van der Waals surface area (Å²) in [5, 5.41) is 5.16. The highest BCUT2D eigenvalue weighted by atomic mass is 35.5. The molecule has 0 N–H and O–H groups in total. The fourth-order valence-electron chi connectivity index (χ4n) is 2.10. The van der Waals surface area contributed by atoms with Crippen molar-refractivity contribution in [1.29, 1.82) is 0 Å². The lowest BCUT2D eigenvalue weighted by Crippen LogP contribution is -2.09. The third-order valence-electron chi connectivity index (χ3n) is 3.00. The normalized spacial score (nSPS) is 10.8. The predicted octanol–water partition coefficient (Wildman–Crippen LogP) is 2.85. The van der Waals surface area contributed by atoms with Crippen molar-refractivity contribution in [2.24, 2.45) is 7.05 Å². The topological polar surface area (TPSA) is 47.8 Å². The van der Waals surface area contributed by atoms with E-state index in [9.17, 15) is 4.79 Å². The van der Waals surface area contributed by atoms with Gasteiger partial charge < -0.3 is 0 Å². The summed E-state index contributed by atoms with van der Waals surface area (Å²) in [6, 6.07) is 9.14. The number of ketones is 1. The minimum Gasteiger partial charge on any atom is -0.287 e. The summed E-state index contributed by atoms with van der Waals surface area (Å²) in [6.07, 6.45) is 3.17. The highest BCUT2D eigenvalue weighted by Crippen LogP contribution is 2.23. The lowest BCUT2D eigenvalue weighted by atomic mass is 10.0. The Balaban J connectivity index is 2.23. The summed E-state index contributed by atoms with van der Waals surface area (Å²) in [5.41, 5.74) is 1.75. The van der Waals surface area contributed by atoms with Crippen LogP contribution in [0.25, 0.3) is 10.9 Å². The molecule has 0 amide bonds. The van der Waals surface area contributed by atoms with E-state index in [2.05, 4.69) is 10.1 Å². The summed E-state index contributed by atoms with van der Waals surface area (Å²) in [4.78, 5) is 16.8. The number of carbonyl (C=O) groups excluding carboxylic acids is 1. The number of hydrogen-bond donors (Lipinski definition) is 0. The van der Waals surface area contributed by atoms with Gasteiger partial charge in [-0.1, -0.05) is 29.8 Å². The first-order valence-electron chi connectivity index (χ1n) is 5.74. The first kappa shape index (κ1) is 11.9. The van der Waals surface area contributed by atoms with Crippen LogP contribution < -0.4 is 0 Å². The number of carbonyl (C=O) groups is 1. The third-order valence-corrected chi connectivity index (χ3v) is 3.28. The Morgan fingerprint density at radius 3 is 2.84 bits per heavy atom. The van der Waals surface area contributed by atoms with Gasteiger partial charge in [-0.05, 0) is 12.1 Å². The van der Waals surface area contributed by atoms with Crippen LogP contribution in [-0.2, 0) is 7.05 Å². The van der Waals surface area contributed by atoms with E-state index < -0.39 is 0 Å². The molecule has 2 heterocycles. The first-order chi connectivity index (χ1) is 9.18. The van der Waals surface area contributed by atoms with Gasteiger partial charge in [0.05, 0.1) is 16.7 Å². The summed E-state index contributed by atoms with van der Waals surface area (Å²) < 4.78 is 1.49. The molecule has 0 saturated carbocycles. The van der Waals surface area contributed by atoms with Crippen LogP contribution >= 0.6 is 11.6 Å². The largest absolute Gasteiger partial charge is 0.287 e. The summed E-state index contributed by atoms with van der Waals surface area (Å²) >= 11 is 6.02. The Bertz CT molecular complexity index is 754. The first-order valence-corrected chi connectivity index (χ1v) is 6.12. The van der Waals surface area contributed by atoms with E-state index in [0.29, 0.717) is 16.3 Å². The molecule has 0 aliphatic rings. The molecule has 94 valence electrons. The molecule has 0 radical (unpaired) electrons. The van der Waals surface area contributed by atoms with E-state index in [1.54, 1.807) is 19.3 Å². The molecule has 3 rings (SSSR count). The van der Waals surface area contributed by atoms with Crippen molar-refractivity contribution in [3.8, 4) is 0 Å². The molecule has 0 unspecified atom stereocenters. The fourth-order valence-corrected chi connectivity index (χ4v) is 2.35. The second-order valence-electron chi connectivity index (χ2n) is 4.17. The van der Waals surface area contributed by atoms with Crippen LogP contribution in [0.1, 0.15) is 16.1 Å². The van der Waals surface area contributed by atoms with E-state index in [1.165, 1.54) is 10.9 Å². The van der Waals surface area contributed by atoms with Crippen molar-refractivity contribution < 1.29 is 4.79 Å². The third kappa shape index (κ3) is 1.90. The average Bonchev–Trinajstić information content (AvgIpc) is 2.77. The highest BCUT2D eigenvalue weighted by molar-refractivity contribution is 6.35. The van der Waals surface area contributed by atoms with Gasteiger partial charge in [-0.25, -0.2) is 0 Å². The van der Waals surface area contributed by atoms with E-state index in [-0.39, 0.29) is 5.78 Å². The van der Waals surface area contributed by atoms with Crippen LogP contribution in [-0.4, -0.2) is 20.5 Å². The van der Waals surface area contributed by atoms with Crippen molar-refractivity contribution in [1.82, 2.24) is 14.8 Å². The van der Waals surface area contributed by atoms with Gasteiger partial charge in [0.2, 0.25) is 5.78 Å². The Labute approximate surface area is 114 Å². The van der Waals surface area contributed by atoms with Gasteiger partial charge in [0.1, 0.15) is 5.69 Å². The van der Waals surface area contributed by atoms with Gasteiger partial charge in [0.15, 0.2) is 0 Å². The zero-order chi connectivity index (χ0) is 13.4. The van der Waals surface area contributed by atoms with E-state index in [1.807, 2.05) is 24.3 Å². The van der Waals surface area contributed by atoms with Crippen LogP contribution in [0.4, 0.5) is 0 Å². The quantitative estimate of drug-likeness (QED) is 0.674. The van der Waals surface area contributed by atoms with Crippen LogP contribution in [0.5, 0.6) is 0 Å². The molecule has 1 aromatic carbocycles. The summed E-state index contributed by atoms with van der Waals surface area (Å²) in [7, 11) is 1.70. The predicted molar refractivity (Wildman–Crippen MR) is 73.4 cm³/mol. The van der Waals surface area contributed by atoms with Crippen molar-refractivity contribution in [2.45, 2.75) is 0 Å². The Hall–Kier alpha value is -2.20. The van der Waals surface area contributed by atoms with Gasteiger partial charge in [-0.15, -0.1) is 0 Å². The van der Waals surface area contributed by atoms with Crippen molar-refractivity contribution in [2.75, 3.05) is 0 Å². The molecule has 0 aliphatic heterocycles. The van der Waals surface area contributed by atoms with Crippen LogP contribution in [0.2, 0.25) is 5.02 Å². The maximum absolute atomic E-state index is 12.6. The molecule has 0 aliphatic carbocycles. The van der Waals surface area contributed by atoms with Gasteiger partial charge in [0, 0.05) is 24.2 Å². The number of aromatic nitrogens is 3. The molecule has 0 saturated heterocycles. The lowest BCUT2D eigenvalue weighted by molar-refractivity contribution is 0.103. The molecule has 0 bridgehead atoms. The van der Waals surface area contributed by atoms with Gasteiger partial charge >= 0.3 is 0 Å². The molecule has 5 heteroatoms. The van der Waals surface area contributed by atoms with Gasteiger partial charge in [-0.3, -0.25) is 14.5 Å². The van der Waals surface area contributed by atoms with Crippen molar-refractivity contribution >= 4 is 28.3 Å². The maximum Gasteiger partial charge on any atom is 0.213 e. The molecule has 0 spiro atoms. The average molecular weight is 272 g/mol. The molecule has 2 aromatic heterocycles. The monoisotopic (exact) mass is 271 g/mol. The second-order valence-corrected chi connectivity index (χ2v) is 4.58. The van der Waals surface area contributed by atoms with Crippen LogP contribution in [0.15, 0.2) is 42.7 Å². The number of rotatable bonds is 2. The SMILES string of the molecule is Cn1ncc(Cl)c1C(=O)c1cccc2ncccc12. The van der Waals surface area contributed by atoms with E-state index in [4.69, 9.17) is 11.6 Å². The number of fused-ring (bicyclic) bond motifs is 1. The number of nitrogens with zero attached hydrogens (tertiary/aromatic N) is 3. The smallest absolute Gasteiger partial charge is 0.213 e. The minimum atomic E-state index is -0.149. The molecule has 0 fully saturated rings. The Kier molecular flexibility index (Phi) is 2.80. The number of halogens is 1. The molecule has 0 atom stereocenters. The molecular weight excluding hydrogens is 262 g/mol. The summed E-state index contributed by atoms with van der Waals surface area (Å²) in [5.74, 6) is -0.149. The lowest BCUT2D eigenvalue weighted by Gasteiger charge is -2.06. The minimum absolute atomic E-state index is 0.149. The summed E-state index contributed by atoms with van der Waals surface area (Å²) in [6.45, 7) is 0. The van der Waals surface area contributed by atoms with Gasteiger partial charge in [-0.2, -0.15) is 5.10 Å². The van der Waals surface area contributed by atoms with E-state index >= 15 is 0 Å². The number of aryl methyl sites for hydroxylation is 1. The Morgan fingerprint density at radius 1 is 1.26 bits per heavy atom. The Morgan fingerprint density at radius 2 is 2.11 bits per heavy atom. The molecule has 19 heavy (non-hydrogen) atoms.